The van der Waals surface area contributed by atoms with Crippen LogP contribution in [0.1, 0.15) is 23.7 Å². The van der Waals surface area contributed by atoms with E-state index in [4.69, 9.17) is 0 Å². The Morgan fingerprint density at radius 2 is 2.13 bits per heavy atom. The third-order valence-corrected chi connectivity index (χ3v) is 3.44. The normalized spacial score (nSPS) is 10.7. The number of H-pyrrole nitrogens is 1. The minimum Gasteiger partial charge on any atom is -0.478 e. The van der Waals surface area contributed by atoms with Crippen LogP contribution in [0.15, 0.2) is 36.8 Å². The van der Waals surface area contributed by atoms with E-state index in [1.807, 2.05) is 6.07 Å². The van der Waals surface area contributed by atoms with E-state index in [0.29, 0.717) is 34.4 Å². The molecule has 7 heteroatoms. The van der Waals surface area contributed by atoms with Crippen molar-refractivity contribution in [1.82, 2.24) is 15.0 Å². The summed E-state index contributed by atoms with van der Waals surface area (Å²) in [6.07, 6.45) is 3.15. The first kappa shape index (κ1) is 14.7. The minimum atomic E-state index is -1.05. The second-order valence-corrected chi connectivity index (χ2v) is 4.94. The smallest absolute Gasteiger partial charge is 0.338 e. The molecule has 2 heterocycles. The van der Waals surface area contributed by atoms with Crippen molar-refractivity contribution in [1.29, 1.82) is 0 Å². The SMILES string of the molecule is CCC(=O)Nc1cccc(-c2ncnc3[nH]cc(C(=O)O)c23)c1. The summed E-state index contributed by atoms with van der Waals surface area (Å²) in [4.78, 5) is 34.0. The van der Waals surface area contributed by atoms with Crippen LogP contribution in [0, 0.1) is 0 Å². The summed E-state index contributed by atoms with van der Waals surface area (Å²) in [5.74, 6) is -1.15. The van der Waals surface area contributed by atoms with Crippen molar-refractivity contribution in [3.05, 3.63) is 42.4 Å². The molecule has 0 aliphatic rings. The molecular formula is C16H14N4O3. The lowest BCUT2D eigenvalue weighted by Gasteiger charge is -2.07. The lowest BCUT2D eigenvalue weighted by molar-refractivity contribution is -0.115. The number of benzene rings is 1. The summed E-state index contributed by atoms with van der Waals surface area (Å²) >= 11 is 0. The molecule has 0 unspecified atom stereocenters. The number of fused-ring (bicyclic) bond motifs is 1. The van der Waals surface area contributed by atoms with Crippen molar-refractivity contribution in [2.75, 3.05) is 5.32 Å². The molecule has 0 atom stereocenters. The van der Waals surface area contributed by atoms with Gasteiger partial charge < -0.3 is 15.4 Å². The number of anilines is 1. The van der Waals surface area contributed by atoms with Gasteiger partial charge in [-0.1, -0.05) is 19.1 Å². The number of nitrogens with one attached hydrogen (secondary N) is 2. The Hall–Kier alpha value is -3.22. The van der Waals surface area contributed by atoms with E-state index < -0.39 is 5.97 Å². The van der Waals surface area contributed by atoms with Gasteiger partial charge >= 0.3 is 5.97 Å². The van der Waals surface area contributed by atoms with Crippen LogP contribution in [0.3, 0.4) is 0 Å². The number of nitrogens with zero attached hydrogens (tertiary/aromatic N) is 2. The number of hydrogen-bond acceptors (Lipinski definition) is 4. The molecule has 0 saturated heterocycles. The van der Waals surface area contributed by atoms with Crippen molar-refractivity contribution >= 4 is 28.6 Å². The molecule has 1 aromatic carbocycles. The van der Waals surface area contributed by atoms with Gasteiger partial charge in [-0.2, -0.15) is 0 Å². The maximum atomic E-state index is 11.5. The molecule has 0 radical (unpaired) electrons. The highest BCUT2D eigenvalue weighted by atomic mass is 16.4. The van der Waals surface area contributed by atoms with E-state index in [2.05, 4.69) is 20.3 Å². The first-order valence-electron chi connectivity index (χ1n) is 7.05. The molecule has 0 bridgehead atoms. The van der Waals surface area contributed by atoms with E-state index in [0.717, 1.165) is 0 Å². The largest absolute Gasteiger partial charge is 0.478 e. The maximum Gasteiger partial charge on any atom is 0.338 e. The third kappa shape index (κ3) is 2.76. The molecule has 3 aromatic rings. The zero-order chi connectivity index (χ0) is 16.4. The van der Waals surface area contributed by atoms with Crippen LogP contribution in [0.5, 0.6) is 0 Å². The number of carbonyl (C=O) groups excluding carboxylic acids is 1. The highest BCUT2D eigenvalue weighted by Crippen LogP contribution is 2.29. The minimum absolute atomic E-state index is 0.0946. The number of rotatable bonds is 4. The second-order valence-electron chi connectivity index (χ2n) is 4.94. The Morgan fingerprint density at radius 1 is 1.30 bits per heavy atom. The standard InChI is InChI=1S/C16H14N4O3/c1-2-12(21)20-10-5-3-4-9(6-10)14-13-11(16(22)23)7-17-15(13)19-8-18-14/h3-8H,2H2,1H3,(H,20,21)(H,22,23)(H,17,18,19). The van der Waals surface area contributed by atoms with Crippen LogP contribution in [0.4, 0.5) is 5.69 Å². The third-order valence-electron chi connectivity index (χ3n) is 3.44. The van der Waals surface area contributed by atoms with Crippen LogP contribution >= 0.6 is 0 Å². The first-order valence-corrected chi connectivity index (χ1v) is 7.05. The number of amides is 1. The summed E-state index contributed by atoms with van der Waals surface area (Å²) < 4.78 is 0. The molecule has 3 rings (SSSR count). The van der Waals surface area contributed by atoms with Gasteiger partial charge in [-0.25, -0.2) is 14.8 Å². The molecule has 0 fully saturated rings. The van der Waals surface area contributed by atoms with Crippen molar-refractivity contribution in [3.63, 3.8) is 0 Å². The molecule has 0 aliphatic heterocycles. The van der Waals surface area contributed by atoms with E-state index in [-0.39, 0.29) is 11.5 Å². The van der Waals surface area contributed by atoms with Crippen LogP contribution in [-0.4, -0.2) is 31.9 Å². The molecule has 3 N–H and O–H groups in total. The van der Waals surface area contributed by atoms with Gasteiger partial charge in [0.2, 0.25) is 5.91 Å². The Labute approximate surface area is 131 Å². The summed E-state index contributed by atoms with van der Waals surface area (Å²) in [6.45, 7) is 1.77. The molecule has 1 amide bonds. The average Bonchev–Trinajstić information content (AvgIpc) is 2.99. The number of aromatic nitrogens is 3. The molecule has 0 aliphatic carbocycles. The molecular weight excluding hydrogens is 296 g/mol. The number of carbonyl (C=O) groups is 2. The highest BCUT2D eigenvalue weighted by Gasteiger charge is 2.17. The fourth-order valence-corrected chi connectivity index (χ4v) is 2.34. The van der Waals surface area contributed by atoms with Crippen molar-refractivity contribution < 1.29 is 14.7 Å². The predicted octanol–water partition coefficient (Wildman–Crippen LogP) is 2.67. The predicted molar refractivity (Wildman–Crippen MR) is 85.2 cm³/mol. The van der Waals surface area contributed by atoms with Gasteiger partial charge in [0.15, 0.2) is 0 Å². The molecule has 0 spiro atoms. The Balaban J connectivity index is 2.13. The monoisotopic (exact) mass is 310 g/mol. The van der Waals surface area contributed by atoms with Crippen LogP contribution < -0.4 is 5.32 Å². The summed E-state index contributed by atoms with van der Waals surface area (Å²) in [5.41, 5.74) is 2.40. The lowest BCUT2D eigenvalue weighted by atomic mass is 10.1. The Kier molecular flexibility index (Phi) is 3.76. The fraction of sp³-hybridized carbons (Fsp3) is 0.125. The van der Waals surface area contributed by atoms with E-state index in [1.54, 1.807) is 25.1 Å². The van der Waals surface area contributed by atoms with E-state index in [1.165, 1.54) is 12.5 Å². The molecule has 116 valence electrons. The number of aromatic carboxylic acids is 1. The molecule has 23 heavy (non-hydrogen) atoms. The number of carboxylic acids is 1. The summed E-state index contributed by atoms with van der Waals surface area (Å²) in [5, 5.41) is 12.5. The number of hydrogen-bond donors (Lipinski definition) is 3. The van der Waals surface area contributed by atoms with Gasteiger partial charge in [0.1, 0.15) is 12.0 Å². The van der Waals surface area contributed by atoms with Gasteiger partial charge in [-0.3, -0.25) is 4.79 Å². The number of aromatic amines is 1. The first-order chi connectivity index (χ1) is 11.1. The quantitative estimate of drug-likeness (QED) is 0.686. The van der Waals surface area contributed by atoms with Crippen LogP contribution in [0.2, 0.25) is 0 Å². The number of carboxylic acid groups (broad SMARTS) is 1. The maximum absolute atomic E-state index is 11.5. The summed E-state index contributed by atoms with van der Waals surface area (Å²) in [7, 11) is 0. The van der Waals surface area contributed by atoms with E-state index >= 15 is 0 Å². The molecule has 0 saturated carbocycles. The average molecular weight is 310 g/mol. The summed E-state index contributed by atoms with van der Waals surface area (Å²) in [6, 6.07) is 7.11. The van der Waals surface area contributed by atoms with Crippen molar-refractivity contribution in [2.45, 2.75) is 13.3 Å². The van der Waals surface area contributed by atoms with Gasteiger partial charge in [0, 0.05) is 23.9 Å². The Morgan fingerprint density at radius 3 is 2.87 bits per heavy atom. The highest BCUT2D eigenvalue weighted by molar-refractivity contribution is 6.07. The van der Waals surface area contributed by atoms with Gasteiger partial charge in [-0.15, -0.1) is 0 Å². The van der Waals surface area contributed by atoms with Crippen LogP contribution in [0.25, 0.3) is 22.3 Å². The van der Waals surface area contributed by atoms with Crippen LogP contribution in [-0.2, 0) is 4.79 Å². The van der Waals surface area contributed by atoms with Gasteiger partial charge in [-0.05, 0) is 12.1 Å². The van der Waals surface area contributed by atoms with Gasteiger partial charge in [0.05, 0.1) is 16.6 Å². The van der Waals surface area contributed by atoms with Gasteiger partial charge in [0.25, 0.3) is 0 Å². The fourth-order valence-electron chi connectivity index (χ4n) is 2.34. The van der Waals surface area contributed by atoms with Crippen molar-refractivity contribution in [3.8, 4) is 11.3 Å². The molecule has 7 nitrogen and oxygen atoms in total. The topological polar surface area (TPSA) is 108 Å². The van der Waals surface area contributed by atoms with Crippen molar-refractivity contribution in [2.24, 2.45) is 0 Å². The Bertz CT molecular complexity index is 901. The van der Waals surface area contributed by atoms with E-state index in [9.17, 15) is 14.7 Å². The zero-order valence-corrected chi connectivity index (χ0v) is 12.3. The molecule has 2 aromatic heterocycles. The zero-order valence-electron chi connectivity index (χ0n) is 12.3. The lowest BCUT2D eigenvalue weighted by Crippen LogP contribution is -2.09. The second kappa shape index (κ2) is 5.88.